The lowest BCUT2D eigenvalue weighted by Gasteiger charge is -2.41. The first kappa shape index (κ1) is 33.1. The van der Waals surface area contributed by atoms with Gasteiger partial charge in [-0.05, 0) is 87.5 Å². The van der Waals surface area contributed by atoms with Crippen LogP contribution in [0.2, 0.25) is 5.02 Å². The normalized spacial score (nSPS) is 20.3. The van der Waals surface area contributed by atoms with Crippen molar-refractivity contribution < 1.29 is 23.9 Å². The number of piperidine rings is 3. The lowest BCUT2D eigenvalue weighted by molar-refractivity contribution is -0.142. The number of nitrogens with one attached hydrogen (secondary N) is 2. The van der Waals surface area contributed by atoms with Gasteiger partial charge in [0.05, 0.1) is 6.42 Å². The van der Waals surface area contributed by atoms with Crippen LogP contribution in [0, 0.1) is 0 Å². The number of carbonyl (C=O) groups excluding carboxylic acids is 4. The average Bonchev–Trinajstić information content (AvgIpc) is 3.11. The lowest BCUT2D eigenvalue weighted by atomic mass is 9.98. The lowest BCUT2D eigenvalue weighted by Crippen LogP contribution is -2.56. The maximum atomic E-state index is 13.9. The van der Waals surface area contributed by atoms with E-state index in [1.165, 1.54) is 19.3 Å². The zero-order valence-electron chi connectivity index (χ0n) is 26.9. The number of ether oxygens (including phenoxy) is 1. The Bertz CT molecular complexity index is 1420. The smallest absolute Gasteiger partial charge is 0.322 e. The van der Waals surface area contributed by atoms with E-state index in [2.05, 4.69) is 15.5 Å². The summed E-state index contributed by atoms with van der Waals surface area (Å²) in [5.41, 5.74) is 1.91. The summed E-state index contributed by atoms with van der Waals surface area (Å²) in [5, 5.41) is 6.35. The Hall–Kier alpha value is -3.83. The molecule has 0 aromatic heterocycles. The largest absolute Gasteiger partial charge is 0.484 e. The van der Waals surface area contributed by atoms with E-state index in [1.807, 2.05) is 29.2 Å². The van der Waals surface area contributed by atoms with Gasteiger partial charge in [0, 0.05) is 55.5 Å². The van der Waals surface area contributed by atoms with Crippen LogP contribution in [0.1, 0.15) is 56.9 Å². The molecule has 4 heterocycles. The molecule has 0 spiro atoms. The maximum absolute atomic E-state index is 13.9. The fraction of sp³-hybridized carbons (Fsp3) is 0.543. The number of fused-ring (bicyclic) bond motifs is 1. The number of anilines is 1. The predicted octanol–water partition coefficient (Wildman–Crippen LogP) is 4.11. The summed E-state index contributed by atoms with van der Waals surface area (Å²) in [7, 11) is 0. The standard InChI is InChI=1S/C35H45ClN6O5/c36-26-8-10-29(11-9-26)47-24-32(43)37-31(34(45)41-20-12-27(13-21-41)39-16-4-1-5-17-39)22-33(44)40-18-14-28(15-19-40)42-23-25-6-2-3-7-30(25)38-35(42)46/h2-3,6-11,27-28,31H,1,4-5,12-24H2,(H,37,43)(H,38,46)/t31-/m0/s1. The topological polar surface area (TPSA) is 115 Å². The summed E-state index contributed by atoms with van der Waals surface area (Å²) in [6.07, 6.45) is 6.68. The molecule has 0 unspecified atom stereocenters. The molecule has 5 amide bonds. The number of rotatable bonds is 9. The second kappa shape index (κ2) is 15.4. The van der Waals surface area contributed by atoms with E-state index in [0.29, 0.717) is 62.4 Å². The molecule has 252 valence electrons. The van der Waals surface area contributed by atoms with Gasteiger partial charge in [0.15, 0.2) is 6.61 Å². The molecule has 2 aromatic rings. The highest BCUT2D eigenvalue weighted by Gasteiger charge is 2.36. The van der Waals surface area contributed by atoms with Crippen LogP contribution in [0.4, 0.5) is 10.5 Å². The Balaban J connectivity index is 1.05. The molecule has 2 aromatic carbocycles. The van der Waals surface area contributed by atoms with E-state index in [0.717, 1.165) is 37.2 Å². The zero-order valence-corrected chi connectivity index (χ0v) is 27.6. The molecule has 47 heavy (non-hydrogen) atoms. The summed E-state index contributed by atoms with van der Waals surface area (Å²) in [6.45, 7) is 4.65. The van der Waals surface area contributed by atoms with Crippen molar-refractivity contribution in [3.8, 4) is 5.75 Å². The van der Waals surface area contributed by atoms with E-state index < -0.39 is 11.9 Å². The van der Waals surface area contributed by atoms with Gasteiger partial charge in [-0.15, -0.1) is 0 Å². The van der Waals surface area contributed by atoms with Crippen molar-refractivity contribution in [1.29, 1.82) is 0 Å². The molecule has 3 saturated heterocycles. The molecule has 0 radical (unpaired) electrons. The number of para-hydroxylation sites is 1. The van der Waals surface area contributed by atoms with Crippen molar-refractivity contribution in [2.45, 2.75) is 76.0 Å². The Kier molecular flexibility index (Phi) is 10.8. The Morgan fingerprint density at radius 2 is 1.51 bits per heavy atom. The molecule has 11 nitrogen and oxygen atoms in total. The van der Waals surface area contributed by atoms with E-state index in [-0.39, 0.29) is 36.9 Å². The van der Waals surface area contributed by atoms with Crippen molar-refractivity contribution in [2.24, 2.45) is 0 Å². The number of amides is 5. The molecule has 12 heteroatoms. The van der Waals surface area contributed by atoms with E-state index >= 15 is 0 Å². The Morgan fingerprint density at radius 1 is 0.851 bits per heavy atom. The average molecular weight is 665 g/mol. The quantitative estimate of drug-likeness (QED) is 0.417. The van der Waals surface area contributed by atoms with Crippen LogP contribution in [0.3, 0.4) is 0 Å². The second-order valence-electron chi connectivity index (χ2n) is 13.0. The SMILES string of the molecule is O=C(COc1ccc(Cl)cc1)N[C@@H](CC(=O)N1CCC(N2Cc3ccccc3NC2=O)CC1)C(=O)N1CCC(N2CCCCC2)CC1. The first-order valence-electron chi connectivity index (χ1n) is 17.0. The fourth-order valence-corrected chi connectivity index (χ4v) is 7.45. The summed E-state index contributed by atoms with van der Waals surface area (Å²) < 4.78 is 5.62. The van der Waals surface area contributed by atoms with Crippen LogP contribution in [-0.2, 0) is 20.9 Å². The van der Waals surface area contributed by atoms with Crippen molar-refractivity contribution in [3.63, 3.8) is 0 Å². The van der Waals surface area contributed by atoms with Crippen molar-refractivity contribution in [3.05, 3.63) is 59.1 Å². The number of hydrogen-bond donors (Lipinski definition) is 2. The van der Waals surface area contributed by atoms with Crippen LogP contribution < -0.4 is 15.4 Å². The van der Waals surface area contributed by atoms with E-state index in [9.17, 15) is 19.2 Å². The molecule has 6 rings (SSSR count). The van der Waals surface area contributed by atoms with Gasteiger partial charge >= 0.3 is 6.03 Å². The molecule has 4 aliphatic heterocycles. The van der Waals surface area contributed by atoms with Gasteiger partial charge in [-0.1, -0.05) is 36.2 Å². The molecule has 0 saturated carbocycles. The van der Waals surface area contributed by atoms with E-state index in [4.69, 9.17) is 16.3 Å². The first-order valence-corrected chi connectivity index (χ1v) is 17.4. The third kappa shape index (κ3) is 8.37. The predicted molar refractivity (Wildman–Crippen MR) is 179 cm³/mol. The fourth-order valence-electron chi connectivity index (χ4n) is 7.32. The van der Waals surface area contributed by atoms with Crippen molar-refractivity contribution in [2.75, 3.05) is 51.2 Å². The summed E-state index contributed by atoms with van der Waals surface area (Å²) in [5.74, 6) is -0.396. The number of benzene rings is 2. The molecule has 2 N–H and O–H groups in total. The number of halogens is 1. The number of likely N-dealkylation sites (tertiary alicyclic amines) is 3. The van der Waals surface area contributed by atoms with Crippen molar-refractivity contribution in [1.82, 2.24) is 24.9 Å². The zero-order chi connectivity index (χ0) is 32.8. The number of urea groups is 1. The van der Waals surface area contributed by atoms with Gasteiger partial charge in [-0.25, -0.2) is 4.79 Å². The van der Waals surface area contributed by atoms with E-state index in [1.54, 1.807) is 34.1 Å². The minimum absolute atomic E-state index is 0.00996. The van der Waals surface area contributed by atoms with Gasteiger partial charge in [-0.2, -0.15) is 0 Å². The van der Waals surface area contributed by atoms with Crippen LogP contribution in [0.5, 0.6) is 5.75 Å². The third-order valence-corrected chi connectivity index (χ3v) is 10.2. The molecular formula is C35H45ClN6O5. The summed E-state index contributed by atoms with van der Waals surface area (Å²) in [4.78, 5) is 61.3. The molecule has 1 atom stereocenters. The van der Waals surface area contributed by atoms with Gasteiger partial charge in [-0.3, -0.25) is 14.4 Å². The molecule has 4 aliphatic rings. The van der Waals surface area contributed by atoms with Crippen LogP contribution in [-0.4, -0.2) is 107 Å². The first-order chi connectivity index (χ1) is 22.8. The highest BCUT2D eigenvalue weighted by Crippen LogP contribution is 2.28. The molecule has 0 bridgehead atoms. The highest BCUT2D eigenvalue weighted by molar-refractivity contribution is 6.30. The minimum Gasteiger partial charge on any atom is -0.484 e. The Labute approximate surface area is 281 Å². The molecular weight excluding hydrogens is 620 g/mol. The van der Waals surface area contributed by atoms with Gasteiger partial charge < -0.3 is 35.0 Å². The summed E-state index contributed by atoms with van der Waals surface area (Å²) in [6, 6.07) is 13.9. The number of nitrogens with zero attached hydrogens (tertiary/aromatic N) is 4. The van der Waals surface area contributed by atoms with Crippen LogP contribution in [0.15, 0.2) is 48.5 Å². The summed E-state index contributed by atoms with van der Waals surface area (Å²) >= 11 is 5.95. The minimum atomic E-state index is -0.988. The monoisotopic (exact) mass is 664 g/mol. The molecule has 3 fully saturated rings. The van der Waals surface area contributed by atoms with Gasteiger partial charge in [0.2, 0.25) is 11.8 Å². The van der Waals surface area contributed by atoms with Crippen LogP contribution >= 0.6 is 11.6 Å². The third-order valence-electron chi connectivity index (χ3n) is 10.00. The highest BCUT2D eigenvalue weighted by atomic mass is 35.5. The molecule has 0 aliphatic carbocycles. The Morgan fingerprint density at radius 3 is 2.23 bits per heavy atom. The number of hydrogen-bond acceptors (Lipinski definition) is 6. The van der Waals surface area contributed by atoms with Crippen LogP contribution in [0.25, 0.3) is 0 Å². The maximum Gasteiger partial charge on any atom is 0.322 e. The number of carbonyl (C=O) groups is 4. The van der Waals surface area contributed by atoms with Crippen molar-refractivity contribution >= 4 is 41.0 Å². The van der Waals surface area contributed by atoms with Gasteiger partial charge in [0.25, 0.3) is 5.91 Å². The van der Waals surface area contributed by atoms with Gasteiger partial charge in [0.1, 0.15) is 11.8 Å². The second-order valence-corrected chi connectivity index (χ2v) is 13.5.